The van der Waals surface area contributed by atoms with Gasteiger partial charge in [0.05, 0.1) is 0 Å². The number of hydrogen-bond donors (Lipinski definition) is 2. The summed E-state index contributed by atoms with van der Waals surface area (Å²) in [5.41, 5.74) is 1.57. The van der Waals surface area contributed by atoms with Crippen LogP contribution in [-0.4, -0.2) is 17.7 Å². The molecule has 1 aliphatic rings. The van der Waals surface area contributed by atoms with Crippen LogP contribution in [0.25, 0.3) is 0 Å². The topological polar surface area (TPSA) is 72.5 Å². The Labute approximate surface area is 159 Å². The monoisotopic (exact) mass is 383 g/mol. The first-order valence-electron chi connectivity index (χ1n) is 8.43. The standard InChI is InChI=1S/C20H15F2N3O3/c21-15-3-2-14(9-16(15)22)25-19-8-13(5-6-23-19)20(26)24-10-12-1-4-17-18(7-12)28-11-27-17/h1-9H,10-11H2,(H,23,25)(H,24,26). The number of rotatable bonds is 5. The molecule has 0 atom stereocenters. The maximum atomic E-state index is 13.3. The van der Waals surface area contributed by atoms with E-state index in [1.165, 1.54) is 18.3 Å². The van der Waals surface area contributed by atoms with Gasteiger partial charge in [-0.05, 0) is 42.0 Å². The largest absolute Gasteiger partial charge is 0.454 e. The van der Waals surface area contributed by atoms with Gasteiger partial charge in [-0.1, -0.05) is 6.07 Å². The average molecular weight is 383 g/mol. The van der Waals surface area contributed by atoms with Crippen molar-refractivity contribution in [1.29, 1.82) is 0 Å². The average Bonchev–Trinajstić information content (AvgIpc) is 3.17. The molecule has 0 fully saturated rings. The molecule has 2 N–H and O–H groups in total. The van der Waals surface area contributed by atoms with Gasteiger partial charge in [0.15, 0.2) is 23.1 Å². The maximum Gasteiger partial charge on any atom is 0.251 e. The smallest absolute Gasteiger partial charge is 0.251 e. The summed E-state index contributed by atoms with van der Waals surface area (Å²) in [6.07, 6.45) is 1.46. The first kappa shape index (κ1) is 17.7. The van der Waals surface area contributed by atoms with Crippen molar-refractivity contribution in [3.63, 3.8) is 0 Å². The highest BCUT2D eigenvalue weighted by molar-refractivity contribution is 5.94. The summed E-state index contributed by atoms with van der Waals surface area (Å²) in [4.78, 5) is 16.5. The highest BCUT2D eigenvalue weighted by Crippen LogP contribution is 2.32. The van der Waals surface area contributed by atoms with E-state index in [0.717, 1.165) is 17.7 Å². The van der Waals surface area contributed by atoms with Crippen molar-refractivity contribution in [1.82, 2.24) is 10.3 Å². The Bertz CT molecular complexity index is 1040. The number of benzene rings is 2. The van der Waals surface area contributed by atoms with Crippen LogP contribution in [0.15, 0.2) is 54.7 Å². The van der Waals surface area contributed by atoms with Gasteiger partial charge in [0.25, 0.3) is 5.91 Å². The molecule has 0 saturated heterocycles. The lowest BCUT2D eigenvalue weighted by molar-refractivity contribution is 0.0950. The lowest BCUT2D eigenvalue weighted by Crippen LogP contribution is -2.22. The van der Waals surface area contributed by atoms with E-state index in [1.807, 2.05) is 12.1 Å². The van der Waals surface area contributed by atoms with Gasteiger partial charge in [-0.25, -0.2) is 13.8 Å². The first-order chi connectivity index (χ1) is 13.6. The SMILES string of the molecule is O=C(NCc1ccc2c(c1)OCO2)c1ccnc(Nc2ccc(F)c(F)c2)c1. The predicted octanol–water partition coefficient (Wildman–Crippen LogP) is 3.76. The zero-order valence-electron chi connectivity index (χ0n) is 14.5. The number of nitrogens with zero attached hydrogens (tertiary/aromatic N) is 1. The number of amides is 1. The molecule has 0 saturated carbocycles. The predicted molar refractivity (Wildman–Crippen MR) is 97.6 cm³/mol. The second-order valence-corrected chi connectivity index (χ2v) is 6.05. The molecule has 1 aliphatic heterocycles. The van der Waals surface area contributed by atoms with Gasteiger partial charge in [-0.3, -0.25) is 4.79 Å². The number of aromatic nitrogens is 1. The van der Waals surface area contributed by atoms with Crippen molar-refractivity contribution in [2.75, 3.05) is 12.1 Å². The molecule has 28 heavy (non-hydrogen) atoms. The van der Waals surface area contributed by atoms with E-state index < -0.39 is 11.6 Å². The number of anilines is 2. The van der Waals surface area contributed by atoms with Crippen molar-refractivity contribution in [3.05, 3.63) is 77.5 Å². The number of pyridine rings is 1. The third kappa shape index (κ3) is 3.85. The van der Waals surface area contributed by atoms with Crippen molar-refractivity contribution >= 4 is 17.4 Å². The summed E-state index contributed by atoms with van der Waals surface area (Å²) in [6, 6.07) is 11.9. The number of fused-ring (bicyclic) bond motifs is 1. The van der Waals surface area contributed by atoms with Gasteiger partial charge >= 0.3 is 0 Å². The molecule has 1 aromatic heterocycles. The molecule has 0 unspecified atom stereocenters. The molecule has 2 heterocycles. The van der Waals surface area contributed by atoms with Crippen LogP contribution in [0, 0.1) is 11.6 Å². The number of hydrogen-bond acceptors (Lipinski definition) is 5. The van der Waals surface area contributed by atoms with Crippen LogP contribution >= 0.6 is 0 Å². The number of carbonyl (C=O) groups excluding carboxylic acids is 1. The molecule has 142 valence electrons. The van der Waals surface area contributed by atoms with E-state index in [-0.39, 0.29) is 12.7 Å². The summed E-state index contributed by atoms with van der Waals surface area (Å²) in [7, 11) is 0. The Morgan fingerprint density at radius 3 is 2.71 bits per heavy atom. The fourth-order valence-corrected chi connectivity index (χ4v) is 2.70. The first-order valence-corrected chi connectivity index (χ1v) is 8.43. The molecule has 1 amide bonds. The zero-order chi connectivity index (χ0) is 19.5. The van der Waals surface area contributed by atoms with Gasteiger partial charge in [0, 0.05) is 30.1 Å². The summed E-state index contributed by atoms with van der Waals surface area (Å²) in [5.74, 6) is -0.543. The Kier molecular flexibility index (Phi) is 4.76. The molecule has 4 rings (SSSR count). The number of nitrogens with one attached hydrogen (secondary N) is 2. The van der Waals surface area contributed by atoms with Crippen LogP contribution < -0.4 is 20.1 Å². The van der Waals surface area contributed by atoms with Gasteiger partial charge in [0.1, 0.15) is 5.82 Å². The summed E-state index contributed by atoms with van der Waals surface area (Å²) >= 11 is 0. The fraction of sp³-hybridized carbons (Fsp3) is 0.100. The van der Waals surface area contributed by atoms with E-state index in [0.29, 0.717) is 35.1 Å². The van der Waals surface area contributed by atoms with Crippen molar-refractivity contribution < 1.29 is 23.0 Å². The quantitative estimate of drug-likeness (QED) is 0.702. The highest BCUT2D eigenvalue weighted by Gasteiger charge is 2.14. The van der Waals surface area contributed by atoms with E-state index in [4.69, 9.17) is 9.47 Å². The highest BCUT2D eigenvalue weighted by atomic mass is 19.2. The molecule has 0 bridgehead atoms. The van der Waals surface area contributed by atoms with Crippen LogP contribution in [0.1, 0.15) is 15.9 Å². The van der Waals surface area contributed by atoms with Crippen LogP contribution in [0.2, 0.25) is 0 Å². The third-order valence-electron chi connectivity index (χ3n) is 4.10. The Hall–Kier alpha value is -3.68. The van der Waals surface area contributed by atoms with Crippen LogP contribution in [-0.2, 0) is 6.54 Å². The Morgan fingerprint density at radius 2 is 1.86 bits per heavy atom. The van der Waals surface area contributed by atoms with Gasteiger partial charge in [0.2, 0.25) is 6.79 Å². The molecular weight excluding hydrogens is 368 g/mol. The lowest BCUT2D eigenvalue weighted by atomic mass is 10.2. The van der Waals surface area contributed by atoms with Crippen LogP contribution in [0.4, 0.5) is 20.3 Å². The Balaban J connectivity index is 1.41. The van der Waals surface area contributed by atoms with Crippen molar-refractivity contribution in [3.8, 4) is 11.5 Å². The summed E-state index contributed by atoms with van der Waals surface area (Å²) in [5, 5.41) is 5.65. The van der Waals surface area contributed by atoms with E-state index in [9.17, 15) is 13.6 Å². The van der Waals surface area contributed by atoms with Gasteiger partial charge in [-0.2, -0.15) is 0 Å². The second-order valence-electron chi connectivity index (χ2n) is 6.05. The molecule has 0 spiro atoms. The van der Waals surface area contributed by atoms with E-state index in [1.54, 1.807) is 12.1 Å². The molecule has 6 nitrogen and oxygen atoms in total. The molecular formula is C20H15F2N3O3. The molecule has 3 aromatic rings. The summed E-state index contributed by atoms with van der Waals surface area (Å²) in [6.45, 7) is 0.500. The zero-order valence-corrected chi connectivity index (χ0v) is 14.5. The normalized spacial score (nSPS) is 11.9. The number of ether oxygens (including phenoxy) is 2. The fourth-order valence-electron chi connectivity index (χ4n) is 2.70. The number of halogens is 2. The van der Waals surface area contributed by atoms with Crippen LogP contribution in [0.3, 0.4) is 0 Å². The second kappa shape index (κ2) is 7.51. The molecule has 0 radical (unpaired) electrons. The minimum absolute atomic E-state index is 0.190. The van der Waals surface area contributed by atoms with Crippen molar-refractivity contribution in [2.24, 2.45) is 0 Å². The Morgan fingerprint density at radius 1 is 1.00 bits per heavy atom. The maximum absolute atomic E-state index is 13.3. The van der Waals surface area contributed by atoms with Crippen LogP contribution in [0.5, 0.6) is 11.5 Å². The van der Waals surface area contributed by atoms with Gasteiger partial charge < -0.3 is 20.1 Å². The minimum atomic E-state index is -0.970. The van der Waals surface area contributed by atoms with Gasteiger partial charge in [-0.15, -0.1) is 0 Å². The minimum Gasteiger partial charge on any atom is -0.454 e. The van der Waals surface area contributed by atoms with E-state index >= 15 is 0 Å². The van der Waals surface area contributed by atoms with Crippen molar-refractivity contribution in [2.45, 2.75) is 6.54 Å². The molecule has 0 aliphatic carbocycles. The molecule has 2 aromatic carbocycles. The molecule has 8 heteroatoms. The number of carbonyl (C=O) groups is 1. The summed E-state index contributed by atoms with van der Waals surface area (Å²) < 4.78 is 36.9. The van der Waals surface area contributed by atoms with E-state index in [2.05, 4.69) is 15.6 Å². The third-order valence-corrected chi connectivity index (χ3v) is 4.10. The lowest BCUT2D eigenvalue weighted by Gasteiger charge is -2.09.